The molecule has 0 saturated carbocycles. The number of hydrogen-bond donors (Lipinski definition) is 2. The van der Waals surface area contributed by atoms with E-state index in [0.29, 0.717) is 10.0 Å². The molecule has 3 N–H and O–H groups in total. The maximum atomic E-state index is 11.7. The third kappa shape index (κ3) is 5.15. The zero-order valence-electron chi connectivity index (χ0n) is 8.61. The lowest BCUT2D eigenvalue weighted by atomic mass is 10.2. The summed E-state index contributed by atoms with van der Waals surface area (Å²) in [5, 5.41) is 7.29. The van der Waals surface area contributed by atoms with Crippen LogP contribution < -0.4 is 10.5 Å². The van der Waals surface area contributed by atoms with E-state index in [2.05, 4.69) is 37.2 Å². The van der Waals surface area contributed by atoms with Crippen molar-refractivity contribution in [2.45, 2.75) is 0 Å². The van der Waals surface area contributed by atoms with Gasteiger partial charge in [-0.15, -0.1) is 0 Å². The highest BCUT2D eigenvalue weighted by atomic mass is 79.9. The number of halogens is 2. The van der Waals surface area contributed by atoms with E-state index in [0.717, 1.165) is 4.47 Å². The maximum absolute atomic E-state index is 11.7. The second kappa shape index (κ2) is 5.94. The van der Waals surface area contributed by atoms with Gasteiger partial charge in [0.1, 0.15) is 0 Å². The predicted molar refractivity (Wildman–Crippen MR) is 72.1 cm³/mol. The van der Waals surface area contributed by atoms with Gasteiger partial charge in [-0.05, 0) is 34.1 Å². The van der Waals surface area contributed by atoms with Crippen LogP contribution in [0.2, 0.25) is 0 Å². The lowest BCUT2D eigenvalue weighted by Gasteiger charge is -2.06. The number of sulfonamides is 1. The van der Waals surface area contributed by atoms with Crippen molar-refractivity contribution in [1.29, 1.82) is 0 Å². The summed E-state index contributed by atoms with van der Waals surface area (Å²) in [6.45, 7) is -0.0172. The summed E-state index contributed by atoms with van der Waals surface area (Å²) in [5.74, 6) is -0.647. The van der Waals surface area contributed by atoms with Crippen LogP contribution in [0, 0.1) is 0 Å². The SMILES string of the molecule is NS(=O)(=O)CCNC(=O)c1cc(Br)ccc1Br. The number of primary sulfonamides is 1. The Kier molecular flexibility index (Phi) is 5.11. The second-order valence-electron chi connectivity index (χ2n) is 3.25. The first kappa shape index (κ1) is 14.6. The molecule has 0 unspecified atom stereocenters. The van der Waals surface area contributed by atoms with Crippen LogP contribution >= 0.6 is 31.9 Å². The smallest absolute Gasteiger partial charge is 0.252 e. The highest BCUT2D eigenvalue weighted by Gasteiger charge is 2.11. The molecule has 0 bridgehead atoms. The number of nitrogens with two attached hydrogens (primary N) is 1. The van der Waals surface area contributed by atoms with Crippen LogP contribution in [-0.2, 0) is 10.0 Å². The second-order valence-corrected chi connectivity index (χ2v) is 6.75. The Labute approximate surface area is 116 Å². The maximum Gasteiger partial charge on any atom is 0.252 e. The third-order valence-corrected chi connectivity index (χ3v) is 3.80. The molecule has 94 valence electrons. The number of nitrogens with one attached hydrogen (secondary N) is 1. The molecule has 0 aliphatic heterocycles. The van der Waals surface area contributed by atoms with Gasteiger partial charge in [-0.2, -0.15) is 0 Å². The van der Waals surface area contributed by atoms with E-state index in [4.69, 9.17) is 5.14 Å². The highest BCUT2D eigenvalue weighted by molar-refractivity contribution is 9.11. The Bertz CT molecular complexity index is 531. The van der Waals surface area contributed by atoms with Gasteiger partial charge >= 0.3 is 0 Å². The summed E-state index contributed by atoms with van der Waals surface area (Å²) >= 11 is 6.49. The molecule has 0 saturated heterocycles. The summed E-state index contributed by atoms with van der Waals surface area (Å²) in [4.78, 5) is 11.7. The Hall–Kier alpha value is -0.440. The molecule has 0 atom stereocenters. The number of amides is 1. The number of carbonyl (C=O) groups is 1. The first-order chi connectivity index (χ1) is 7.79. The fourth-order valence-electron chi connectivity index (χ4n) is 1.07. The first-order valence-corrected chi connectivity index (χ1v) is 7.83. The summed E-state index contributed by atoms with van der Waals surface area (Å²) in [6, 6.07) is 5.14. The van der Waals surface area contributed by atoms with Crippen molar-refractivity contribution in [3.05, 3.63) is 32.7 Å². The topological polar surface area (TPSA) is 89.3 Å². The summed E-state index contributed by atoms with van der Waals surface area (Å²) < 4.78 is 22.8. The van der Waals surface area contributed by atoms with E-state index >= 15 is 0 Å². The quantitative estimate of drug-likeness (QED) is 0.816. The van der Waals surface area contributed by atoms with Crippen molar-refractivity contribution in [3.8, 4) is 0 Å². The third-order valence-electron chi connectivity index (χ3n) is 1.85. The van der Waals surface area contributed by atoms with Gasteiger partial charge in [-0.1, -0.05) is 15.9 Å². The fourth-order valence-corrected chi connectivity index (χ4v) is 2.25. The van der Waals surface area contributed by atoms with Gasteiger partial charge in [0.25, 0.3) is 5.91 Å². The van der Waals surface area contributed by atoms with E-state index in [9.17, 15) is 13.2 Å². The van der Waals surface area contributed by atoms with Crippen LogP contribution in [-0.4, -0.2) is 26.6 Å². The fraction of sp³-hybridized carbons (Fsp3) is 0.222. The molecule has 0 radical (unpaired) electrons. The molecule has 0 fully saturated rings. The average Bonchev–Trinajstić information content (AvgIpc) is 2.19. The van der Waals surface area contributed by atoms with Crippen molar-refractivity contribution in [1.82, 2.24) is 5.32 Å². The predicted octanol–water partition coefficient (Wildman–Crippen LogP) is 1.23. The van der Waals surface area contributed by atoms with Crippen molar-refractivity contribution in [3.63, 3.8) is 0 Å². The Balaban J connectivity index is 2.67. The van der Waals surface area contributed by atoms with Crippen LogP contribution in [0.4, 0.5) is 0 Å². The zero-order valence-corrected chi connectivity index (χ0v) is 12.6. The molecule has 0 aromatic heterocycles. The molecule has 8 heteroatoms. The van der Waals surface area contributed by atoms with Crippen molar-refractivity contribution < 1.29 is 13.2 Å². The highest BCUT2D eigenvalue weighted by Crippen LogP contribution is 2.21. The molecule has 1 rings (SSSR count). The lowest BCUT2D eigenvalue weighted by Crippen LogP contribution is -2.31. The van der Waals surface area contributed by atoms with E-state index in [1.807, 2.05) is 0 Å². The van der Waals surface area contributed by atoms with Crippen LogP contribution in [0.3, 0.4) is 0 Å². The summed E-state index contributed by atoms with van der Waals surface area (Å²) in [7, 11) is -3.56. The van der Waals surface area contributed by atoms with Gasteiger partial charge in [0.2, 0.25) is 10.0 Å². The minimum absolute atomic E-state index is 0.0172. The van der Waals surface area contributed by atoms with Gasteiger partial charge in [-0.3, -0.25) is 4.79 Å². The largest absolute Gasteiger partial charge is 0.351 e. The molecule has 1 aromatic carbocycles. The van der Waals surface area contributed by atoms with E-state index in [-0.39, 0.29) is 18.2 Å². The normalized spacial score (nSPS) is 11.2. The number of hydrogen-bond acceptors (Lipinski definition) is 3. The minimum Gasteiger partial charge on any atom is -0.351 e. The Morgan fingerprint density at radius 3 is 2.59 bits per heavy atom. The molecular weight excluding hydrogens is 376 g/mol. The number of benzene rings is 1. The van der Waals surface area contributed by atoms with Gasteiger partial charge in [0.05, 0.1) is 11.3 Å². The van der Waals surface area contributed by atoms with Crippen molar-refractivity contribution in [2.24, 2.45) is 5.14 Å². The van der Waals surface area contributed by atoms with E-state index < -0.39 is 10.0 Å². The molecule has 1 amide bonds. The first-order valence-electron chi connectivity index (χ1n) is 4.53. The molecule has 5 nitrogen and oxygen atoms in total. The summed E-state index contributed by atoms with van der Waals surface area (Å²) in [5.41, 5.74) is 0.425. The monoisotopic (exact) mass is 384 g/mol. The number of rotatable bonds is 4. The standard InChI is InChI=1S/C9H10Br2N2O3S/c10-6-1-2-8(11)7(5-6)9(14)13-3-4-17(12,15)16/h1-2,5H,3-4H2,(H,13,14)(H2,12,15,16). The van der Waals surface area contributed by atoms with Crippen molar-refractivity contribution in [2.75, 3.05) is 12.3 Å². The van der Waals surface area contributed by atoms with Crippen LogP contribution in [0.15, 0.2) is 27.1 Å². The van der Waals surface area contributed by atoms with Gasteiger partial charge in [0.15, 0.2) is 0 Å². The van der Waals surface area contributed by atoms with Crippen LogP contribution in [0.25, 0.3) is 0 Å². The molecule has 0 aliphatic carbocycles. The molecule has 17 heavy (non-hydrogen) atoms. The Morgan fingerprint density at radius 1 is 1.35 bits per heavy atom. The molecule has 0 heterocycles. The van der Waals surface area contributed by atoms with Gasteiger partial charge < -0.3 is 5.32 Å². The van der Waals surface area contributed by atoms with Crippen LogP contribution in [0.5, 0.6) is 0 Å². The van der Waals surface area contributed by atoms with E-state index in [1.165, 1.54) is 0 Å². The molecule has 1 aromatic rings. The molecule has 0 spiro atoms. The van der Waals surface area contributed by atoms with E-state index in [1.54, 1.807) is 18.2 Å². The van der Waals surface area contributed by atoms with Gasteiger partial charge in [-0.25, -0.2) is 13.6 Å². The van der Waals surface area contributed by atoms with Crippen LogP contribution in [0.1, 0.15) is 10.4 Å². The van der Waals surface area contributed by atoms with Gasteiger partial charge in [0, 0.05) is 15.5 Å². The zero-order chi connectivity index (χ0) is 13.1. The summed E-state index contributed by atoms with van der Waals surface area (Å²) in [6.07, 6.45) is 0. The molecular formula is C9H10Br2N2O3S. The molecule has 0 aliphatic rings. The average molecular weight is 386 g/mol. The van der Waals surface area contributed by atoms with Crippen molar-refractivity contribution >= 4 is 47.8 Å². The minimum atomic E-state index is -3.56. The number of carbonyl (C=O) groups excluding carboxylic acids is 1. The lowest BCUT2D eigenvalue weighted by molar-refractivity contribution is 0.0955. The Morgan fingerprint density at radius 2 is 2.00 bits per heavy atom.